The molecule has 16 rings (SSSR count). The number of benzene rings is 10. The highest BCUT2D eigenvalue weighted by molar-refractivity contribution is 6.14. The first-order chi connectivity index (χ1) is 37.7. The molecule has 6 aromatic heterocycles. The normalized spacial score (nSPS) is 11.9. The summed E-state index contributed by atoms with van der Waals surface area (Å²) in [5.41, 5.74) is 21.7. The van der Waals surface area contributed by atoms with E-state index in [0.717, 1.165) is 89.0 Å². The molecule has 6 heteroatoms. The zero-order valence-corrected chi connectivity index (χ0v) is 41.1. The lowest BCUT2D eigenvalue weighted by Crippen LogP contribution is -1.96. The highest BCUT2D eigenvalue weighted by atomic mass is 15.0. The zero-order chi connectivity index (χ0) is 49.8. The van der Waals surface area contributed by atoms with Gasteiger partial charge in [-0.05, 0) is 144 Å². The minimum absolute atomic E-state index is 0.827. The van der Waals surface area contributed by atoms with Gasteiger partial charge >= 0.3 is 0 Å². The van der Waals surface area contributed by atoms with Crippen molar-refractivity contribution >= 4 is 87.5 Å². The average Bonchev–Trinajstić information content (AvgIpc) is 4.31. The number of fused-ring (bicyclic) bond motifs is 12. The van der Waals surface area contributed by atoms with Crippen molar-refractivity contribution < 1.29 is 0 Å². The van der Waals surface area contributed by atoms with Crippen molar-refractivity contribution in [3.8, 4) is 56.4 Å². The molecule has 0 aliphatic carbocycles. The summed E-state index contributed by atoms with van der Waals surface area (Å²) in [6.45, 7) is 0. The summed E-state index contributed by atoms with van der Waals surface area (Å²) in [5, 5.41) is 6.99. The van der Waals surface area contributed by atoms with Gasteiger partial charge in [0.2, 0.25) is 0 Å². The van der Waals surface area contributed by atoms with Gasteiger partial charge < -0.3 is 18.3 Å². The van der Waals surface area contributed by atoms with Crippen LogP contribution >= 0.6 is 0 Å². The van der Waals surface area contributed by atoms with Crippen LogP contribution in [0, 0.1) is 0 Å². The monoisotopic (exact) mass is 968 g/mol. The minimum atomic E-state index is 0.827. The van der Waals surface area contributed by atoms with Crippen molar-refractivity contribution in [1.82, 2.24) is 28.2 Å². The number of nitrogens with zero attached hydrogens (tertiary/aromatic N) is 6. The Hall–Kier alpha value is -10.3. The van der Waals surface area contributed by atoms with Crippen molar-refractivity contribution in [2.45, 2.75) is 0 Å². The Morgan fingerprint density at radius 2 is 0.513 bits per heavy atom. The predicted octanol–water partition coefficient (Wildman–Crippen LogP) is 17.9. The van der Waals surface area contributed by atoms with Crippen LogP contribution in [0.1, 0.15) is 0 Å². The van der Waals surface area contributed by atoms with Crippen LogP contribution in [-0.2, 0) is 0 Å². The lowest BCUT2D eigenvalue weighted by Gasteiger charge is -2.11. The van der Waals surface area contributed by atoms with Crippen LogP contribution < -0.4 is 0 Å². The van der Waals surface area contributed by atoms with E-state index in [1.54, 1.807) is 0 Å². The summed E-state index contributed by atoms with van der Waals surface area (Å²) in [6, 6.07) is 96.2. The number of rotatable bonds is 7. The van der Waals surface area contributed by atoms with E-state index in [-0.39, 0.29) is 0 Å². The summed E-state index contributed by atoms with van der Waals surface area (Å²) in [4.78, 5) is 11.0. The van der Waals surface area contributed by atoms with E-state index in [9.17, 15) is 0 Å². The summed E-state index contributed by atoms with van der Waals surface area (Å²) in [5.74, 6) is 0. The van der Waals surface area contributed by atoms with Gasteiger partial charge in [0.1, 0.15) is 0 Å². The molecule has 0 aliphatic rings. The van der Waals surface area contributed by atoms with Crippen LogP contribution in [0.25, 0.3) is 144 Å². The Balaban J connectivity index is 0.840. The SMILES string of the molecule is c1ccc(-c2ccc3c(c2)c2cc(-n4c5ccccc5c5nc(-c6ccc7c(n6)c6ccccc6n7-c6ccc7c(c6)c6cc(-c8ccccc8)ccc6n7-c6ccccc6)ccc54)ccc2n3-c2ccccc2)cc1. The molecule has 16 aromatic rings. The second-order valence-electron chi connectivity index (χ2n) is 19.8. The molecule has 0 fully saturated rings. The Labute approximate surface area is 436 Å². The second-order valence-corrected chi connectivity index (χ2v) is 19.8. The van der Waals surface area contributed by atoms with Gasteiger partial charge in [-0.3, -0.25) is 0 Å². The van der Waals surface area contributed by atoms with Crippen LogP contribution in [0.5, 0.6) is 0 Å². The molecular weight excluding hydrogens is 925 g/mol. The van der Waals surface area contributed by atoms with Crippen LogP contribution in [0.4, 0.5) is 0 Å². The van der Waals surface area contributed by atoms with Gasteiger partial charge in [0.15, 0.2) is 0 Å². The number of aromatic nitrogens is 6. The van der Waals surface area contributed by atoms with Crippen LogP contribution in [0.3, 0.4) is 0 Å². The van der Waals surface area contributed by atoms with Crippen molar-refractivity contribution in [2.75, 3.05) is 0 Å². The number of para-hydroxylation sites is 4. The summed E-state index contributed by atoms with van der Waals surface area (Å²) in [7, 11) is 0. The smallest absolute Gasteiger partial charge is 0.0971 e. The molecule has 354 valence electrons. The topological polar surface area (TPSA) is 45.5 Å². The standard InChI is InChI=1S/C70H44N6/c1-5-17-45(18-6-1)47-29-35-63-55(41-47)57-43-51(31-37-65(57)73(63)49-21-9-3-10-22-49)75-61-27-15-13-25-53(61)69-67(75)39-33-59(71-69)60-34-40-68-70(72-60)54-26-14-16-28-62(54)76(68)52-32-38-66-58(44-52)56-42-48(46-19-7-2-8-20-46)30-36-64(56)74(66)50-23-11-4-12-24-50/h1-44H. The first-order valence-electron chi connectivity index (χ1n) is 25.9. The van der Waals surface area contributed by atoms with E-state index < -0.39 is 0 Å². The Morgan fingerprint density at radius 3 is 0.934 bits per heavy atom. The van der Waals surface area contributed by atoms with Gasteiger partial charge in [-0.15, -0.1) is 0 Å². The van der Waals surface area contributed by atoms with E-state index in [0.29, 0.717) is 0 Å². The molecule has 10 aromatic carbocycles. The lowest BCUT2D eigenvalue weighted by molar-refractivity contribution is 1.16. The minimum Gasteiger partial charge on any atom is -0.309 e. The van der Waals surface area contributed by atoms with Gasteiger partial charge in [-0.2, -0.15) is 0 Å². The maximum atomic E-state index is 5.50. The molecule has 0 radical (unpaired) electrons. The van der Waals surface area contributed by atoms with Crippen molar-refractivity contribution in [3.05, 3.63) is 267 Å². The highest BCUT2D eigenvalue weighted by Crippen LogP contribution is 2.41. The van der Waals surface area contributed by atoms with Gasteiger partial charge in [-0.1, -0.05) is 146 Å². The van der Waals surface area contributed by atoms with Crippen molar-refractivity contribution in [3.63, 3.8) is 0 Å². The number of hydrogen-bond donors (Lipinski definition) is 0. The molecule has 0 amide bonds. The van der Waals surface area contributed by atoms with Gasteiger partial charge in [0.05, 0.1) is 66.6 Å². The quantitative estimate of drug-likeness (QED) is 0.160. The molecule has 6 nitrogen and oxygen atoms in total. The van der Waals surface area contributed by atoms with Crippen molar-refractivity contribution in [2.24, 2.45) is 0 Å². The van der Waals surface area contributed by atoms with E-state index in [4.69, 9.17) is 9.97 Å². The molecule has 6 heterocycles. The first-order valence-corrected chi connectivity index (χ1v) is 25.9. The predicted molar refractivity (Wildman–Crippen MR) is 316 cm³/mol. The van der Waals surface area contributed by atoms with Crippen LogP contribution in [0.2, 0.25) is 0 Å². The first kappa shape index (κ1) is 42.2. The van der Waals surface area contributed by atoms with Crippen LogP contribution in [-0.4, -0.2) is 28.2 Å². The molecule has 0 N–H and O–H groups in total. The second kappa shape index (κ2) is 16.6. The van der Waals surface area contributed by atoms with E-state index in [2.05, 4.69) is 285 Å². The molecule has 0 bridgehead atoms. The lowest BCUT2D eigenvalue weighted by atomic mass is 10.0. The third kappa shape index (κ3) is 6.41. The molecular formula is C70H44N6. The maximum Gasteiger partial charge on any atom is 0.0971 e. The molecule has 0 atom stereocenters. The molecule has 0 saturated carbocycles. The maximum absolute atomic E-state index is 5.50. The van der Waals surface area contributed by atoms with E-state index >= 15 is 0 Å². The number of pyridine rings is 2. The summed E-state index contributed by atoms with van der Waals surface area (Å²) < 4.78 is 9.51. The fourth-order valence-corrected chi connectivity index (χ4v) is 12.1. The third-order valence-corrected chi connectivity index (χ3v) is 15.5. The van der Waals surface area contributed by atoms with E-state index in [1.165, 1.54) is 54.8 Å². The third-order valence-electron chi connectivity index (χ3n) is 15.5. The molecule has 0 saturated heterocycles. The van der Waals surface area contributed by atoms with E-state index in [1.807, 2.05) is 0 Å². The molecule has 76 heavy (non-hydrogen) atoms. The highest BCUT2D eigenvalue weighted by Gasteiger charge is 2.22. The largest absolute Gasteiger partial charge is 0.309 e. The zero-order valence-electron chi connectivity index (χ0n) is 41.1. The Morgan fingerprint density at radius 1 is 0.197 bits per heavy atom. The summed E-state index contributed by atoms with van der Waals surface area (Å²) in [6.07, 6.45) is 0. The Bertz CT molecular complexity index is 4650. The Kier molecular flexibility index (Phi) is 9.23. The fourth-order valence-electron chi connectivity index (χ4n) is 12.1. The molecule has 0 aliphatic heterocycles. The number of hydrogen-bond acceptors (Lipinski definition) is 2. The molecule has 0 spiro atoms. The molecule has 0 unspecified atom stereocenters. The average molecular weight is 969 g/mol. The van der Waals surface area contributed by atoms with Crippen LogP contribution in [0.15, 0.2) is 267 Å². The van der Waals surface area contributed by atoms with Gasteiger partial charge in [0.25, 0.3) is 0 Å². The van der Waals surface area contributed by atoms with Gasteiger partial charge in [0, 0.05) is 55.1 Å². The van der Waals surface area contributed by atoms with Crippen molar-refractivity contribution in [1.29, 1.82) is 0 Å². The van der Waals surface area contributed by atoms with Gasteiger partial charge in [-0.25, -0.2) is 9.97 Å². The fraction of sp³-hybridized carbons (Fsp3) is 0. The summed E-state index contributed by atoms with van der Waals surface area (Å²) >= 11 is 0.